The fourth-order valence-electron chi connectivity index (χ4n) is 1.38. The van der Waals surface area contributed by atoms with Crippen molar-refractivity contribution < 1.29 is 8.42 Å². The number of hydrogen-bond donors (Lipinski definition) is 1. The Labute approximate surface area is 87.1 Å². The number of rotatable bonds is 2. The second kappa shape index (κ2) is 3.43. The first kappa shape index (κ1) is 9.79. The minimum absolute atomic E-state index is 0.0520. The highest BCUT2D eigenvalue weighted by Gasteiger charge is 2.11. The summed E-state index contributed by atoms with van der Waals surface area (Å²) in [5.41, 5.74) is 6.59. The zero-order valence-corrected chi connectivity index (χ0v) is 8.53. The highest BCUT2D eigenvalue weighted by molar-refractivity contribution is 7.90. The minimum Gasteiger partial charge on any atom is -0.198 e. The van der Waals surface area contributed by atoms with Crippen LogP contribution in [0.5, 0.6) is 0 Å². The van der Waals surface area contributed by atoms with Gasteiger partial charge in [0.1, 0.15) is 0 Å². The maximum absolute atomic E-state index is 11.3. The fourth-order valence-corrected chi connectivity index (χ4v) is 2.00. The van der Waals surface area contributed by atoms with Gasteiger partial charge >= 0.3 is 0 Å². The van der Waals surface area contributed by atoms with E-state index in [0.29, 0.717) is 0 Å². The van der Waals surface area contributed by atoms with Crippen molar-refractivity contribution in [3.05, 3.63) is 42.5 Å². The van der Waals surface area contributed by atoms with Crippen molar-refractivity contribution in [2.45, 2.75) is 4.90 Å². The quantitative estimate of drug-likeness (QED) is 0.790. The van der Waals surface area contributed by atoms with Gasteiger partial charge in [-0.2, -0.15) is 13.9 Å². The number of nitrogens with zero attached hydrogens (tertiary/aromatic N) is 1. The molecule has 2 aromatic rings. The summed E-state index contributed by atoms with van der Waals surface area (Å²) in [5.74, 6) is 0. The third-order valence-electron chi connectivity index (χ3n) is 2.14. The average molecular weight is 220 g/mol. The number of sulfonamides is 1. The summed E-state index contributed by atoms with van der Waals surface area (Å²) in [6, 6.07) is 12.1. The van der Waals surface area contributed by atoms with Crippen molar-refractivity contribution in [2.24, 2.45) is 4.52 Å². The van der Waals surface area contributed by atoms with E-state index >= 15 is 0 Å². The molecule has 0 radical (unpaired) electrons. The van der Waals surface area contributed by atoms with E-state index in [1.165, 1.54) is 12.1 Å². The lowest BCUT2D eigenvalue weighted by Crippen LogP contribution is -1.94. The van der Waals surface area contributed by atoms with E-state index in [1.54, 1.807) is 6.07 Å². The zero-order valence-electron chi connectivity index (χ0n) is 7.71. The van der Waals surface area contributed by atoms with Gasteiger partial charge in [-0.1, -0.05) is 34.9 Å². The summed E-state index contributed by atoms with van der Waals surface area (Å²) < 4.78 is 25.2. The molecule has 0 bridgehead atoms. The molecule has 15 heavy (non-hydrogen) atoms. The van der Waals surface area contributed by atoms with E-state index in [0.717, 1.165) is 10.8 Å². The van der Waals surface area contributed by atoms with Gasteiger partial charge in [-0.05, 0) is 22.9 Å². The second-order valence-corrected chi connectivity index (χ2v) is 4.68. The van der Waals surface area contributed by atoms with E-state index in [9.17, 15) is 8.42 Å². The van der Waals surface area contributed by atoms with Gasteiger partial charge in [0.25, 0.3) is 10.0 Å². The summed E-state index contributed by atoms with van der Waals surface area (Å²) in [5, 5.41) is 1.78. The molecule has 5 heteroatoms. The van der Waals surface area contributed by atoms with Gasteiger partial charge in [0.2, 0.25) is 0 Å². The summed E-state index contributed by atoms with van der Waals surface area (Å²) in [6.45, 7) is 0. The van der Waals surface area contributed by atoms with Gasteiger partial charge in [-0.15, -0.1) is 0 Å². The van der Waals surface area contributed by atoms with Gasteiger partial charge in [0, 0.05) is 0 Å². The van der Waals surface area contributed by atoms with Crippen molar-refractivity contribution in [1.29, 1.82) is 5.53 Å². The van der Waals surface area contributed by atoms with Crippen LogP contribution in [0.15, 0.2) is 51.9 Å². The maximum atomic E-state index is 11.3. The molecule has 0 aliphatic carbocycles. The molecule has 0 unspecified atom stereocenters. The monoisotopic (exact) mass is 220 g/mol. The molecule has 0 saturated heterocycles. The van der Waals surface area contributed by atoms with Gasteiger partial charge in [-0.25, -0.2) is 0 Å². The Morgan fingerprint density at radius 1 is 1.00 bits per heavy atom. The Hall–Kier alpha value is -1.75. The van der Waals surface area contributed by atoms with E-state index in [-0.39, 0.29) is 4.90 Å². The van der Waals surface area contributed by atoms with E-state index in [1.807, 2.05) is 24.3 Å². The van der Waals surface area contributed by atoms with Crippen LogP contribution < -0.4 is 0 Å². The van der Waals surface area contributed by atoms with Crippen LogP contribution in [-0.2, 0) is 10.0 Å². The molecule has 2 rings (SSSR count). The normalized spacial score (nSPS) is 11.5. The van der Waals surface area contributed by atoms with Crippen LogP contribution in [0.4, 0.5) is 0 Å². The average Bonchev–Trinajstić information content (AvgIpc) is 2.28. The van der Waals surface area contributed by atoms with Crippen molar-refractivity contribution >= 4 is 20.8 Å². The molecular formula is C10H8N2O2S. The lowest BCUT2D eigenvalue weighted by atomic mass is 10.1. The number of fused-ring (bicyclic) bond motifs is 1. The van der Waals surface area contributed by atoms with Crippen LogP contribution in [0.3, 0.4) is 0 Å². The van der Waals surface area contributed by atoms with Gasteiger partial charge in [-0.3, -0.25) is 0 Å². The highest BCUT2D eigenvalue weighted by atomic mass is 32.2. The van der Waals surface area contributed by atoms with Crippen LogP contribution >= 0.6 is 0 Å². The predicted molar refractivity (Wildman–Crippen MR) is 56.3 cm³/mol. The largest absolute Gasteiger partial charge is 0.299 e. The maximum Gasteiger partial charge on any atom is 0.299 e. The zero-order chi connectivity index (χ0) is 10.9. The second-order valence-electron chi connectivity index (χ2n) is 3.08. The molecule has 0 amide bonds. The molecule has 4 nitrogen and oxygen atoms in total. The molecule has 0 aliphatic rings. The van der Waals surface area contributed by atoms with E-state index in [2.05, 4.69) is 4.52 Å². The first-order valence-electron chi connectivity index (χ1n) is 4.26. The van der Waals surface area contributed by atoms with Crippen LogP contribution in [-0.4, -0.2) is 8.42 Å². The van der Waals surface area contributed by atoms with Crippen LogP contribution in [0.2, 0.25) is 0 Å². The molecule has 2 aromatic carbocycles. The van der Waals surface area contributed by atoms with Crippen molar-refractivity contribution in [2.75, 3.05) is 0 Å². The van der Waals surface area contributed by atoms with Crippen LogP contribution in [0.1, 0.15) is 0 Å². The van der Waals surface area contributed by atoms with Crippen LogP contribution in [0.25, 0.3) is 10.8 Å². The molecule has 0 saturated carbocycles. The first-order valence-corrected chi connectivity index (χ1v) is 5.70. The van der Waals surface area contributed by atoms with E-state index in [4.69, 9.17) is 5.53 Å². The third-order valence-corrected chi connectivity index (χ3v) is 3.23. The third kappa shape index (κ3) is 1.73. The number of hydrogen-bond acceptors (Lipinski definition) is 3. The molecule has 0 spiro atoms. The molecule has 0 aromatic heterocycles. The van der Waals surface area contributed by atoms with Gasteiger partial charge < -0.3 is 0 Å². The smallest absolute Gasteiger partial charge is 0.198 e. The topological polar surface area (TPSA) is 70.3 Å². The lowest BCUT2D eigenvalue weighted by molar-refractivity contribution is 0.594. The van der Waals surface area contributed by atoms with Gasteiger partial charge in [0.05, 0.1) is 4.90 Å². The molecule has 0 fully saturated rings. The summed E-state index contributed by atoms with van der Waals surface area (Å²) in [6.07, 6.45) is 0. The molecule has 0 heterocycles. The summed E-state index contributed by atoms with van der Waals surface area (Å²) >= 11 is 0. The van der Waals surface area contributed by atoms with E-state index < -0.39 is 10.0 Å². The molecule has 0 atom stereocenters. The number of benzene rings is 2. The van der Waals surface area contributed by atoms with Crippen molar-refractivity contribution in [3.8, 4) is 0 Å². The Balaban J connectivity index is 2.72. The standard InChI is InChI=1S/C10H8N2O2S/c11-12-15(13,14)10-6-5-8-3-1-2-4-9(8)7-10/h1-7,11H. The Morgan fingerprint density at radius 3 is 2.33 bits per heavy atom. The molecule has 1 N–H and O–H groups in total. The molecule has 0 aliphatic heterocycles. The molecule has 76 valence electrons. The Morgan fingerprint density at radius 2 is 1.67 bits per heavy atom. The summed E-state index contributed by atoms with van der Waals surface area (Å²) in [7, 11) is -3.80. The number of nitrogens with one attached hydrogen (secondary N) is 1. The molecular weight excluding hydrogens is 212 g/mol. The lowest BCUT2D eigenvalue weighted by Gasteiger charge is -2.00. The predicted octanol–water partition coefficient (Wildman–Crippen LogP) is 2.56. The fraction of sp³-hybridized carbons (Fsp3) is 0. The first-order chi connectivity index (χ1) is 7.13. The van der Waals surface area contributed by atoms with Crippen molar-refractivity contribution in [1.82, 2.24) is 0 Å². The SMILES string of the molecule is N=NS(=O)(=O)c1ccc2ccccc2c1. The van der Waals surface area contributed by atoms with Gasteiger partial charge in [0.15, 0.2) is 0 Å². The summed E-state index contributed by atoms with van der Waals surface area (Å²) in [4.78, 5) is 0.0520. The Kier molecular flexibility index (Phi) is 2.24. The Bertz CT molecular complexity index is 620. The minimum atomic E-state index is -3.80. The highest BCUT2D eigenvalue weighted by Crippen LogP contribution is 2.19. The van der Waals surface area contributed by atoms with Crippen molar-refractivity contribution in [3.63, 3.8) is 0 Å². The van der Waals surface area contributed by atoms with Crippen LogP contribution in [0, 0.1) is 5.53 Å².